The van der Waals surface area contributed by atoms with Crippen molar-refractivity contribution in [2.45, 2.75) is 19.6 Å². The van der Waals surface area contributed by atoms with Crippen LogP contribution >= 0.6 is 0 Å². The molecule has 2 rings (SSSR count). The molecular formula is C11H15N3O. The topological polar surface area (TPSA) is 49.6 Å². The Balaban J connectivity index is 2.10. The molecule has 1 atom stereocenters. The van der Waals surface area contributed by atoms with E-state index in [1.807, 2.05) is 28.8 Å². The van der Waals surface area contributed by atoms with Gasteiger partial charge in [-0.2, -0.15) is 0 Å². The van der Waals surface area contributed by atoms with Gasteiger partial charge in [0.2, 0.25) is 0 Å². The Morgan fingerprint density at radius 3 is 3.20 bits per heavy atom. The largest absolute Gasteiger partial charge is 0.392 e. The van der Waals surface area contributed by atoms with Gasteiger partial charge in [0.05, 0.1) is 6.10 Å². The Bertz CT molecular complexity index is 436. The number of aromatic nitrogens is 2. The van der Waals surface area contributed by atoms with Crippen LogP contribution < -0.4 is 5.32 Å². The third-order valence-corrected chi connectivity index (χ3v) is 2.26. The van der Waals surface area contributed by atoms with Gasteiger partial charge in [0, 0.05) is 31.2 Å². The molecule has 15 heavy (non-hydrogen) atoms. The second kappa shape index (κ2) is 4.42. The second-order valence-corrected chi connectivity index (χ2v) is 3.65. The SMILES string of the molecule is CC(O)CNCc1cccc2nccn12. The lowest BCUT2D eigenvalue weighted by Crippen LogP contribution is -2.24. The maximum absolute atomic E-state index is 9.12. The molecule has 0 fully saturated rings. The number of rotatable bonds is 4. The number of hydrogen-bond donors (Lipinski definition) is 2. The van der Waals surface area contributed by atoms with Gasteiger partial charge in [-0.05, 0) is 19.1 Å². The van der Waals surface area contributed by atoms with Gasteiger partial charge in [0.15, 0.2) is 0 Å². The van der Waals surface area contributed by atoms with Crippen LogP contribution in [0.4, 0.5) is 0 Å². The molecule has 0 aliphatic heterocycles. The number of nitrogens with one attached hydrogen (secondary N) is 1. The van der Waals surface area contributed by atoms with Gasteiger partial charge >= 0.3 is 0 Å². The first-order valence-electron chi connectivity index (χ1n) is 5.07. The second-order valence-electron chi connectivity index (χ2n) is 3.65. The number of nitrogens with zero attached hydrogens (tertiary/aromatic N) is 2. The fourth-order valence-corrected chi connectivity index (χ4v) is 1.56. The number of fused-ring (bicyclic) bond motifs is 1. The molecular weight excluding hydrogens is 190 g/mol. The average Bonchev–Trinajstić information content (AvgIpc) is 2.65. The third-order valence-electron chi connectivity index (χ3n) is 2.26. The molecule has 80 valence electrons. The molecule has 1 unspecified atom stereocenters. The molecule has 0 aliphatic carbocycles. The molecule has 0 radical (unpaired) electrons. The van der Waals surface area contributed by atoms with E-state index in [9.17, 15) is 0 Å². The average molecular weight is 205 g/mol. The van der Waals surface area contributed by atoms with Crippen LogP contribution in [0.1, 0.15) is 12.6 Å². The summed E-state index contributed by atoms with van der Waals surface area (Å²) in [5, 5.41) is 12.3. The monoisotopic (exact) mass is 205 g/mol. The van der Waals surface area contributed by atoms with Crippen LogP contribution in [0, 0.1) is 0 Å². The summed E-state index contributed by atoms with van der Waals surface area (Å²) < 4.78 is 2.04. The third kappa shape index (κ3) is 2.34. The molecule has 0 amide bonds. The highest BCUT2D eigenvalue weighted by molar-refractivity contribution is 5.39. The first kappa shape index (κ1) is 10.1. The molecule has 0 bridgehead atoms. The number of aliphatic hydroxyl groups excluding tert-OH is 1. The van der Waals surface area contributed by atoms with E-state index in [-0.39, 0.29) is 6.10 Å². The van der Waals surface area contributed by atoms with E-state index in [4.69, 9.17) is 5.11 Å². The van der Waals surface area contributed by atoms with Crippen molar-refractivity contribution >= 4 is 5.65 Å². The van der Waals surface area contributed by atoms with Gasteiger partial charge in [-0.25, -0.2) is 4.98 Å². The van der Waals surface area contributed by atoms with Crippen molar-refractivity contribution < 1.29 is 5.11 Å². The van der Waals surface area contributed by atoms with Crippen LogP contribution in [-0.4, -0.2) is 27.1 Å². The molecule has 2 heterocycles. The van der Waals surface area contributed by atoms with Crippen LogP contribution in [0.3, 0.4) is 0 Å². The van der Waals surface area contributed by atoms with E-state index in [1.54, 1.807) is 13.1 Å². The number of imidazole rings is 1. The Hall–Kier alpha value is -1.39. The van der Waals surface area contributed by atoms with Gasteiger partial charge in [-0.3, -0.25) is 0 Å². The summed E-state index contributed by atoms with van der Waals surface area (Å²) in [7, 11) is 0. The van der Waals surface area contributed by atoms with E-state index in [1.165, 1.54) is 0 Å². The van der Waals surface area contributed by atoms with Crippen LogP contribution in [0.5, 0.6) is 0 Å². The first-order chi connectivity index (χ1) is 7.27. The smallest absolute Gasteiger partial charge is 0.136 e. The van der Waals surface area contributed by atoms with Gasteiger partial charge in [0.25, 0.3) is 0 Å². The molecule has 2 aromatic heterocycles. The van der Waals surface area contributed by atoms with Crippen molar-refractivity contribution in [1.29, 1.82) is 0 Å². The van der Waals surface area contributed by atoms with Gasteiger partial charge in [-0.15, -0.1) is 0 Å². The summed E-state index contributed by atoms with van der Waals surface area (Å²) in [6, 6.07) is 6.00. The van der Waals surface area contributed by atoms with E-state index in [0.717, 1.165) is 17.9 Å². The quantitative estimate of drug-likeness (QED) is 0.776. The first-order valence-corrected chi connectivity index (χ1v) is 5.07. The molecule has 0 aromatic carbocycles. The number of pyridine rings is 1. The highest BCUT2D eigenvalue weighted by atomic mass is 16.3. The minimum absolute atomic E-state index is 0.313. The standard InChI is InChI=1S/C11H15N3O/c1-9(15)7-12-8-10-3-2-4-11-13-5-6-14(10)11/h2-6,9,12,15H,7-8H2,1H3. The molecule has 4 heteroatoms. The minimum Gasteiger partial charge on any atom is -0.392 e. The lowest BCUT2D eigenvalue weighted by atomic mass is 10.3. The zero-order chi connectivity index (χ0) is 10.7. The fraction of sp³-hybridized carbons (Fsp3) is 0.364. The van der Waals surface area contributed by atoms with Gasteiger partial charge in [-0.1, -0.05) is 6.07 Å². The number of aliphatic hydroxyl groups is 1. The van der Waals surface area contributed by atoms with Crippen molar-refractivity contribution in [1.82, 2.24) is 14.7 Å². The number of hydrogen-bond acceptors (Lipinski definition) is 3. The van der Waals surface area contributed by atoms with Crippen molar-refractivity contribution in [3.05, 3.63) is 36.3 Å². The maximum atomic E-state index is 9.12. The van der Waals surface area contributed by atoms with Crippen molar-refractivity contribution in [2.75, 3.05) is 6.54 Å². The molecule has 0 saturated carbocycles. The molecule has 2 aromatic rings. The Morgan fingerprint density at radius 2 is 2.40 bits per heavy atom. The molecule has 0 saturated heterocycles. The van der Waals surface area contributed by atoms with Crippen LogP contribution in [0.2, 0.25) is 0 Å². The Morgan fingerprint density at radius 1 is 1.53 bits per heavy atom. The summed E-state index contributed by atoms with van der Waals surface area (Å²) >= 11 is 0. The Kier molecular flexibility index (Phi) is 2.99. The van der Waals surface area contributed by atoms with Gasteiger partial charge < -0.3 is 14.8 Å². The predicted molar refractivity (Wildman–Crippen MR) is 58.6 cm³/mol. The lowest BCUT2D eigenvalue weighted by molar-refractivity contribution is 0.191. The predicted octanol–water partition coefficient (Wildman–Crippen LogP) is 0.805. The van der Waals surface area contributed by atoms with Crippen LogP contribution in [-0.2, 0) is 6.54 Å². The molecule has 4 nitrogen and oxygen atoms in total. The van der Waals surface area contributed by atoms with Crippen LogP contribution in [0.15, 0.2) is 30.6 Å². The minimum atomic E-state index is -0.313. The maximum Gasteiger partial charge on any atom is 0.136 e. The summed E-state index contributed by atoms with van der Waals surface area (Å²) in [6.07, 6.45) is 3.41. The highest BCUT2D eigenvalue weighted by Gasteiger charge is 2.00. The van der Waals surface area contributed by atoms with E-state index >= 15 is 0 Å². The molecule has 2 N–H and O–H groups in total. The normalized spacial score (nSPS) is 13.2. The zero-order valence-electron chi connectivity index (χ0n) is 8.72. The van der Waals surface area contributed by atoms with Crippen molar-refractivity contribution in [3.63, 3.8) is 0 Å². The Labute approximate surface area is 88.6 Å². The summed E-state index contributed by atoms with van der Waals surface area (Å²) in [5.41, 5.74) is 2.09. The van der Waals surface area contributed by atoms with Crippen LogP contribution in [0.25, 0.3) is 5.65 Å². The lowest BCUT2D eigenvalue weighted by Gasteiger charge is -2.08. The zero-order valence-corrected chi connectivity index (χ0v) is 8.72. The summed E-state index contributed by atoms with van der Waals surface area (Å²) in [4.78, 5) is 4.21. The fourth-order valence-electron chi connectivity index (χ4n) is 1.56. The van der Waals surface area contributed by atoms with Gasteiger partial charge in [0.1, 0.15) is 5.65 Å². The molecule has 0 aliphatic rings. The summed E-state index contributed by atoms with van der Waals surface area (Å²) in [6.45, 7) is 3.11. The van der Waals surface area contributed by atoms with Crippen molar-refractivity contribution in [2.24, 2.45) is 0 Å². The van der Waals surface area contributed by atoms with E-state index in [2.05, 4.69) is 10.3 Å². The van der Waals surface area contributed by atoms with Crippen molar-refractivity contribution in [3.8, 4) is 0 Å². The van der Waals surface area contributed by atoms with E-state index < -0.39 is 0 Å². The highest BCUT2D eigenvalue weighted by Crippen LogP contribution is 2.05. The summed E-state index contributed by atoms with van der Waals surface area (Å²) in [5.74, 6) is 0. The van der Waals surface area contributed by atoms with E-state index in [0.29, 0.717) is 6.54 Å². The molecule has 0 spiro atoms.